The predicted octanol–water partition coefficient (Wildman–Crippen LogP) is 4.68. The highest BCUT2D eigenvalue weighted by molar-refractivity contribution is 6.37. The van der Waals surface area contributed by atoms with Gasteiger partial charge in [-0.3, -0.25) is 0 Å². The van der Waals surface area contributed by atoms with E-state index in [0.29, 0.717) is 21.5 Å². The number of rotatable bonds is 2. The molecule has 4 heteroatoms. The molecule has 88 valence electrons. The number of halogens is 2. The molecule has 0 atom stereocenters. The summed E-state index contributed by atoms with van der Waals surface area (Å²) < 4.78 is 5.71. The van der Waals surface area contributed by atoms with Crippen LogP contribution < -0.4 is 10.5 Å². The van der Waals surface area contributed by atoms with Gasteiger partial charge in [0.1, 0.15) is 5.75 Å². The molecule has 2 N–H and O–H groups in total. The first-order chi connectivity index (χ1) is 8.08. The van der Waals surface area contributed by atoms with Crippen molar-refractivity contribution in [2.45, 2.75) is 6.92 Å². The molecule has 0 unspecified atom stereocenters. The number of nitrogen functional groups attached to an aromatic ring is 1. The van der Waals surface area contributed by atoms with Crippen molar-refractivity contribution in [3.05, 3.63) is 52.0 Å². The van der Waals surface area contributed by atoms with Gasteiger partial charge in [-0.15, -0.1) is 0 Å². The number of benzene rings is 2. The average Bonchev–Trinajstić information content (AvgIpc) is 2.25. The molecule has 2 rings (SSSR count). The van der Waals surface area contributed by atoms with Gasteiger partial charge in [-0.2, -0.15) is 0 Å². The molecular formula is C13H11Cl2NO. The van der Waals surface area contributed by atoms with Gasteiger partial charge < -0.3 is 10.5 Å². The fraction of sp³-hybridized carbons (Fsp3) is 0.0769. The second-order valence-electron chi connectivity index (χ2n) is 3.68. The number of para-hydroxylation sites is 1. The van der Waals surface area contributed by atoms with E-state index in [-0.39, 0.29) is 0 Å². The van der Waals surface area contributed by atoms with E-state index in [1.165, 1.54) is 0 Å². The highest BCUT2D eigenvalue weighted by Crippen LogP contribution is 2.38. The van der Waals surface area contributed by atoms with Crippen LogP contribution in [0.25, 0.3) is 0 Å². The number of anilines is 1. The van der Waals surface area contributed by atoms with Gasteiger partial charge in [0.25, 0.3) is 0 Å². The maximum atomic E-state index is 6.05. The van der Waals surface area contributed by atoms with Gasteiger partial charge in [-0.1, -0.05) is 41.4 Å². The SMILES string of the molecule is Cc1ccccc1Oc1c(Cl)cc(N)cc1Cl. The van der Waals surface area contributed by atoms with Crippen LogP contribution in [-0.4, -0.2) is 0 Å². The molecule has 0 aromatic heterocycles. The molecule has 0 bridgehead atoms. The predicted molar refractivity (Wildman–Crippen MR) is 72.1 cm³/mol. The highest BCUT2D eigenvalue weighted by Gasteiger charge is 2.10. The Morgan fingerprint density at radius 3 is 2.24 bits per heavy atom. The van der Waals surface area contributed by atoms with E-state index >= 15 is 0 Å². The molecule has 0 aliphatic heterocycles. The molecule has 17 heavy (non-hydrogen) atoms. The maximum absolute atomic E-state index is 6.05. The monoisotopic (exact) mass is 267 g/mol. The first kappa shape index (κ1) is 12.1. The summed E-state index contributed by atoms with van der Waals surface area (Å²) in [6.45, 7) is 1.95. The summed E-state index contributed by atoms with van der Waals surface area (Å²) in [5, 5.41) is 0.802. The van der Waals surface area contributed by atoms with E-state index in [1.54, 1.807) is 12.1 Å². The fourth-order valence-electron chi connectivity index (χ4n) is 1.46. The van der Waals surface area contributed by atoms with Gasteiger partial charge >= 0.3 is 0 Å². The van der Waals surface area contributed by atoms with Crippen LogP contribution in [0.4, 0.5) is 5.69 Å². The normalized spacial score (nSPS) is 10.3. The lowest BCUT2D eigenvalue weighted by molar-refractivity contribution is 0.479. The molecule has 2 aromatic carbocycles. The van der Waals surface area contributed by atoms with Crippen molar-refractivity contribution >= 4 is 28.9 Å². The van der Waals surface area contributed by atoms with Crippen molar-refractivity contribution in [1.29, 1.82) is 0 Å². The summed E-state index contributed by atoms with van der Waals surface area (Å²) in [6.07, 6.45) is 0. The Kier molecular flexibility index (Phi) is 3.46. The van der Waals surface area contributed by atoms with Crippen LogP contribution in [0, 0.1) is 6.92 Å². The van der Waals surface area contributed by atoms with Crippen LogP contribution in [0.2, 0.25) is 10.0 Å². The van der Waals surface area contributed by atoms with Crippen molar-refractivity contribution in [3.63, 3.8) is 0 Å². The van der Waals surface area contributed by atoms with E-state index in [2.05, 4.69) is 0 Å². The third-order valence-electron chi connectivity index (χ3n) is 2.33. The minimum absolute atomic E-state index is 0.401. The summed E-state index contributed by atoms with van der Waals surface area (Å²) in [5.41, 5.74) is 7.15. The second-order valence-corrected chi connectivity index (χ2v) is 4.50. The molecule has 0 saturated heterocycles. The average molecular weight is 268 g/mol. The Hall–Kier alpha value is -1.38. The highest BCUT2D eigenvalue weighted by atomic mass is 35.5. The van der Waals surface area contributed by atoms with Crippen LogP contribution in [0.5, 0.6) is 11.5 Å². The van der Waals surface area contributed by atoms with Gasteiger partial charge in [0.2, 0.25) is 0 Å². The summed E-state index contributed by atoms with van der Waals surface area (Å²) in [4.78, 5) is 0. The minimum atomic E-state index is 0.401. The molecule has 0 amide bonds. The smallest absolute Gasteiger partial charge is 0.164 e. The van der Waals surface area contributed by atoms with Gasteiger partial charge in [-0.05, 0) is 30.7 Å². The quantitative estimate of drug-likeness (QED) is 0.803. The first-order valence-corrected chi connectivity index (χ1v) is 5.81. The van der Waals surface area contributed by atoms with Gasteiger partial charge in [0.15, 0.2) is 5.75 Å². The van der Waals surface area contributed by atoms with Crippen LogP contribution in [0.15, 0.2) is 36.4 Å². The molecule has 0 radical (unpaired) electrons. The standard InChI is InChI=1S/C13H11Cl2NO/c1-8-4-2-3-5-12(8)17-13-10(14)6-9(16)7-11(13)15/h2-7H,16H2,1H3. The molecule has 0 heterocycles. The Balaban J connectivity index is 2.40. The molecule has 0 fully saturated rings. The van der Waals surface area contributed by atoms with Gasteiger partial charge in [0.05, 0.1) is 10.0 Å². The van der Waals surface area contributed by atoms with Crippen molar-refractivity contribution in [3.8, 4) is 11.5 Å². The number of hydrogen-bond acceptors (Lipinski definition) is 2. The molecule has 0 saturated carbocycles. The lowest BCUT2D eigenvalue weighted by Crippen LogP contribution is -1.91. The summed E-state index contributed by atoms with van der Waals surface area (Å²) in [5.74, 6) is 1.15. The van der Waals surface area contributed by atoms with Crippen molar-refractivity contribution in [2.24, 2.45) is 0 Å². The van der Waals surface area contributed by atoms with Gasteiger partial charge in [-0.25, -0.2) is 0 Å². The van der Waals surface area contributed by atoms with E-state index in [9.17, 15) is 0 Å². The number of nitrogens with two attached hydrogens (primary N) is 1. The van der Waals surface area contributed by atoms with E-state index in [1.807, 2.05) is 31.2 Å². The van der Waals surface area contributed by atoms with Gasteiger partial charge in [0, 0.05) is 5.69 Å². The lowest BCUT2D eigenvalue weighted by Gasteiger charge is -2.12. The third-order valence-corrected chi connectivity index (χ3v) is 2.89. The largest absolute Gasteiger partial charge is 0.454 e. The summed E-state index contributed by atoms with van der Waals surface area (Å²) in [6, 6.07) is 10.9. The topological polar surface area (TPSA) is 35.2 Å². The molecule has 0 aliphatic rings. The second kappa shape index (κ2) is 4.86. The maximum Gasteiger partial charge on any atom is 0.164 e. The lowest BCUT2D eigenvalue weighted by atomic mass is 10.2. The van der Waals surface area contributed by atoms with Crippen molar-refractivity contribution < 1.29 is 4.74 Å². The molecule has 2 aromatic rings. The number of hydrogen-bond donors (Lipinski definition) is 1. The van der Waals surface area contributed by atoms with Crippen LogP contribution >= 0.6 is 23.2 Å². The molecular weight excluding hydrogens is 257 g/mol. The van der Waals surface area contributed by atoms with Crippen LogP contribution in [0.3, 0.4) is 0 Å². The Morgan fingerprint density at radius 2 is 1.65 bits per heavy atom. The van der Waals surface area contributed by atoms with Crippen LogP contribution in [-0.2, 0) is 0 Å². The molecule has 0 spiro atoms. The van der Waals surface area contributed by atoms with Crippen molar-refractivity contribution in [2.75, 3.05) is 5.73 Å². The van der Waals surface area contributed by atoms with E-state index in [0.717, 1.165) is 11.3 Å². The zero-order valence-corrected chi connectivity index (χ0v) is 10.7. The number of aryl methyl sites for hydroxylation is 1. The third kappa shape index (κ3) is 2.65. The Bertz CT molecular complexity index is 532. The fourth-order valence-corrected chi connectivity index (χ4v) is 2.04. The Labute approximate surface area is 110 Å². The molecule has 2 nitrogen and oxygen atoms in total. The van der Waals surface area contributed by atoms with Crippen LogP contribution in [0.1, 0.15) is 5.56 Å². The summed E-state index contributed by atoms with van der Waals surface area (Å²) in [7, 11) is 0. The first-order valence-electron chi connectivity index (χ1n) is 5.06. The minimum Gasteiger partial charge on any atom is -0.454 e. The van der Waals surface area contributed by atoms with E-state index < -0.39 is 0 Å². The number of ether oxygens (including phenoxy) is 1. The zero-order chi connectivity index (χ0) is 12.4. The molecule has 0 aliphatic carbocycles. The van der Waals surface area contributed by atoms with E-state index in [4.69, 9.17) is 33.7 Å². The van der Waals surface area contributed by atoms with Crippen molar-refractivity contribution in [1.82, 2.24) is 0 Å². The Morgan fingerprint density at radius 1 is 1.06 bits per heavy atom. The summed E-state index contributed by atoms with van der Waals surface area (Å²) >= 11 is 12.1. The zero-order valence-electron chi connectivity index (χ0n) is 9.21.